The van der Waals surface area contributed by atoms with Crippen LogP contribution in [0.1, 0.15) is 76.3 Å². The topological polar surface area (TPSA) is 230 Å². The van der Waals surface area contributed by atoms with Crippen molar-refractivity contribution in [2.45, 2.75) is 140 Å². The van der Waals surface area contributed by atoms with E-state index in [2.05, 4.69) is 92.5 Å². The summed E-state index contributed by atoms with van der Waals surface area (Å²) in [6, 6.07) is 9.01. The summed E-state index contributed by atoms with van der Waals surface area (Å²) in [5.41, 5.74) is 2.43. The van der Waals surface area contributed by atoms with Crippen molar-refractivity contribution in [3.63, 3.8) is 0 Å². The lowest BCUT2D eigenvalue weighted by Crippen LogP contribution is -2.50. The number of carbonyl (C=O) groups is 1. The van der Waals surface area contributed by atoms with Gasteiger partial charge in [-0.1, -0.05) is 71.3 Å². The van der Waals surface area contributed by atoms with Gasteiger partial charge in [-0.05, 0) is 78.6 Å². The number of rotatable bonds is 18. The van der Waals surface area contributed by atoms with Crippen molar-refractivity contribution >= 4 is 88.9 Å². The Balaban J connectivity index is 1.19. The molecular formula is C46H63ClN9O12P2SSi2+. The van der Waals surface area contributed by atoms with E-state index in [1.165, 1.54) is 19.0 Å². The van der Waals surface area contributed by atoms with Gasteiger partial charge in [-0.2, -0.15) is 0 Å². The van der Waals surface area contributed by atoms with Crippen molar-refractivity contribution in [2.24, 2.45) is 0 Å². The number of amides is 1. The Hall–Kier alpha value is -3.58. The maximum Gasteiger partial charge on any atom is 0.695 e. The highest BCUT2D eigenvalue weighted by atomic mass is 35.5. The van der Waals surface area contributed by atoms with Crippen molar-refractivity contribution < 1.29 is 55.8 Å². The molecule has 73 heavy (non-hydrogen) atoms. The quantitative estimate of drug-likeness (QED) is 0.0275. The van der Waals surface area contributed by atoms with Crippen LogP contribution in [0.15, 0.2) is 55.5 Å². The molecule has 0 aliphatic carbocycles. The molecule has 1 aromatic carbocycles. The van der Waals surface area contributed by atoms with Crippen LogP contribution >= 0.6 is 26.6 Å². The Kier molecular flexibility index (Phi) is 16.6. The number of aromatic nitrogens is 7. The van der Waals surface area contributed by atoms with Crippen LogP contribution in [0, 0.1) is 6.57 Å². The lowest BCUT2D eigenvalue weighted by Gasteiger charge is -2.41. The van der Waals surface area contributed by atoms with E-state index in [0.29, 0.717) is 53.0 Å². The number of benzene rings is 1. The Morgan fingerprint density at radius 1 is 0.904 bits per heavy atom. The van der Waals surface area contributed by atoms with Crippen molar-refractivity contribution in [1.29, 1.82) is 0 Å². The lowest BCUT2D eigenvalue weighted by molar-refractivity contribution is -0.0573. The highest BCUT2D eigenvalue weighted by Gasteiger charge is 2.57. The molecule has 7 heterocycles. The first-order valence-corrected chi connectivity index (χ1v) is 33.8. The molecule has 0 radical (unpaired) electrons. The number of aliphatic hydroxyl groups excluding tert-OH is 1. The van der Waals surface area contributed by atoms with Gasteiger partial charge in [-0.15, -0.1) is 9.42 Å². The molecule has 2 saturated heterocycles. The van der Waals surface area contributed by atoms with E-state index in [1.807, 2.05) is 29.0 Å². The summed E-state index contributed by atoms with van der Waals surface area (Å²) in [7, 11) is -8.67. The lowest BCUT2D eigenvalue weighted by atomic mass is 10.1. The van der Waals surface area contributed by atoms with Crippen LogP contribution in [0.25, 0.3) is 27.0 Å². The van der Waals surface area contributed by atoms with Crippen LogP contribution in [0.2, 0.25) is 41.4 Å². The molecule has 0 bridgehead atoms. The van der Waals surface area contributed by atoms with Crippen LogP contribution in [0.5, 0.6) is 0 Å². The zero-order chi connectivity index (χ0) is 52.8. The minimum absolute atomic E-state index is 0.0944. The third kappa shape index (κ3) is 11.4. The summed E-state index contributed by atoms with van der Waals surface area (Å²) in [5, 5.41) is 11.0. The summed E-state index contributed by atoms with van der Waals surface area (Å²) in [6.07, 6.45) is -1.32. The number of anilines is 1. The van der Waals surface area contributed by atoms with E-state index in [1.54, 1.807) is 21.6 Å². The van der Waals surface area contributed by atoms with Crippen LogP contribution < -0.4 is 4.90 Å². The van der Waals surface area contributed by atoms with Gasteiger partial charge in [-0.3, -0.25) is 18.8 Å². The van der Waals surface area contributed by atoms with E-state index >= 15 is 0 Å². The highest BCUT2D eigenvalue weighted by Crippen LogP contribution is 2.56. The molecular weight excluding hydrogens is 1060 g/mol. The molecule has 2 unspecified atom stereocenters. The number of nitrogens with zero attached hydrogens (tertiary/aromatic N) is 9. The van der Waals surface area contributed by atoms with Crippen LogP contribution in [-0.4, -0.2) is 136 Å². The SMILES string of the molecule is [C-]#[N+]CCOP(=S)(OC[C@H]1O[C@@H](n2cc3c4c(ncnc42)N(C(=O)c2ccccc2)CCC3)[C@H](O[Si](C)(C)C(C)(C)C)[C@@H]1O[P+](=O)O)O[C@@H]1[C@H](O[Si](C)(C)C(C)(C)C)[C@@H](CO)O[C@H]1n1cnc2c(Cl)ncnc21. The molecule has 27 heteroatoms. The highest BCUT2D eigenvalue weighted by molar-refractivity contribution is 8.07. The zero-order valence-electron chi connectivity index (χ0n) is 42.4. The van der Waals surface area contributed by atoms with Crippen molar-refractivity contribution in [3.05, 3.63) is 83.2 Å². The fourth-order valence-corrected chi connectivity index (χ4v) is 13.9. The monoisotopic (exact) mass is 1120 g/mol. The van der Waals surface area contributed by atoms with Crippen molar-refractivity contribution in [3.8, 4) is 0 Å². The normalized spacial score (nSPS) is 25.0. The van der Waals surface area contributed by atoms with E-state index in [-0.39, 0.29) is 34.3 Å². The second-order valence-corrected chi connectivity index (χ2v) is 34.7. The average molecular weight is 1120 g/mol. The molecule has 10 atom stereocenters. The molecule has 3 aliphatic heterocycles. The summed E-state index contributed by atoms with van der Waals surface area (Å²) in [5.74, 6) is 0.238. The van der Waals surface area contributed by atoms with Gasteiger partial charge in [0.2, 0.25) is 6.54 Å². The van der Waals surface area contributed by atoms with E-state index in [4.69, 9.17) is 71.4 Å². The molecule has 8 rings (SSSR count). The van der Waals surface area contributed by atoms with Gasteiger partial charge in [0.15, 0.2) is 46.0 Å². The van der Waals surface area contributed by atoms with Gasteiger partial charge in [0.25, 0.3) is 5.91 Å². The van der Waals surface area contributed by atoms with Gasteiger partial charge in [-0.25, -0.2) is 31.5 Å². The second kappa shape index (κ2) is 21.8. The molecule has 0 saturated carbocycles. The summed E-state index contributed by atoms with van der Waals surface area (Å²) >= 11 is 12.7. The fraction of sp³-hybridized carbons (Fsp3) is 0.587. The number of imidazole rings is 1. The molecule has 3 aliphatic rings. The fourth-order valence-electron chi connectivity index (χ4n) is 8.61. The molecule has 1 amide bonds. The predicted molar refractivity (Wildman–Crippen MR) is 281 cm³/mol. The van der Waals surface area contributed by atoms with Crippen LogP contribution in [0.4, 0.5) is 5.82 Å². The number of aryl methyl sites for hydroxylation is 1. The Morgan fingerprint density at radius 2 is 1.55 bits per heavy atom. The van der Waals surface area contributed by atoms with Gasteiger partial charge < -0.3 is 41.9 Å². The summed E-state index contributed by atoms with van der Waals surface area (Å²) in [4.78, 5) is 52.1. The van der Waals surface area contributed by atoms with Gasteiger partial charge in [0.1, 0.15) is 66.8 Å². The largest absolute Gasteiger partial charge is 0.695 e. The summed E-state index contributed by atoms with van der Waals surface area (Å²) < 4.78 is 69.7. The van der Waals surface area contributed by atoms with Gasteiger partial charge in [0, 0.05) is 22.9 Å². The second-order valence-electron chi connectivity index (χ2n) is 21.2. The Morgan fingerprint density at radius 3 is 2.21 bits per heavy atom. The predicted octanol–water partition coefficient (Wildman–Crippen LogP) is 8.68. The van der Waals surface area contributed by atoms with Crippen molar-refractivity contribution in [1.82, 2.24) is 34.1 Å². The van der Waals surface area contributed by atoms with Crippen LogP contribution in [-0.2, 0) is 59.2 Å². The van der Waals surface area contributed by atoms with Gasteiger partial charge >= 0.3 is 15.0 Å². The van der Waals surface area contributed by atoms with Crippen LogP contribution in [0.3, 0.4) is 0 Å². The number of hydrogen-bond donors (Lipinski definition) is 2. The first-order chi connectivity index (χ1) is 34.4. The molecule has 21 nitrogen and oxygen atoms in total. The molecule has 0 spiro atoms. The number of aliphatic hydroxyl groups is 1. The molecule has 4 aromatic heterocycles. The minimum atomic E-state index is -4.06. The zero-order valence-corrected chi connectivity index (χ0v) is 47.8. The number of fused-ring (bicyclic) bond motifs is 1. The standard InChI is InChI=1S/C46H62ClN9O12P2SSi2/c1-45(2,3)72(8,9)67-35-30(23-57)63-43(56-27-53-33-38(47)49-25-52-41(33)56)36(35)66-70(71,61-21-19-48-7)62-24-31-34(65-69(59)60)37(68-73(10,11)46(4,5)6)44(64-31)55-22-29-18-15-20-54(39-32(29)40(55)51-26-50-39)42(58)28-16-13-12-14-17-28/h12-14,16-17,22,25-27,30-31,34-37,43-44,57H,15,18-21,23-24H2,1-6,8-11H3/p+1/t30-,31-,34-,35-,36-,37-,43-,44-,70?/m1/s1. The third-order valence-electron chi connectivity index (χ3n) is 14.4. The maximum atomic E-state index is 14.1. The number of carbonyl (C=O) groups excluding carboxylic acids is 1. The first kappa shape index (κ1) is 55.7. The van der Waals surface area contributed by atoms with E-state index < -0.39 is 93.9 Å². The Bertz CT molecular complexity index is 2920. The molecule has 2 N–H and O–H groups in total. The Labute approximate surface area is 437 Å². The molecule has 2 fully saturated rings. The smallest absolute Gasteiger partial charge is 0.408 e. The number of hydrogen-bond acceptors (Lipinski definition) is 17. The van der Waals surface area contributed by atoms with Gasteiger partial charge in [0.05, 0.1) is 24.9 Å². The number of ether oxygens (including phenoxy) is 2. The maximum absolute atomic E-state index is 14.1. The summed E-state index contributed by atoms with van der Waals surface area (Å²) in [6.45, 7) is 23.4. The van der Waals surface area contributed by atoms with Crippen molar-refractivity contribution in [2.75, 3.05) is 37.8 Å². The molecule has 394 valence electrons. The van der Waals surface area contributed by atoms with E-state index in [0.717, 1.165) is 5.56 Å². The minimum Gasteiger partial charge on any atom is -0.408 e. The third-order valence-corrected chi connectivity index (χ3v) is 26.4. The van der Waals surface area contributed by atoms with E-state index in [9.17, 15) is 19.4 Å². The average Bonchev–Trinajstić information content (AvgIpc) is 4.06. The number of halogens is 1. The first-order valence-electron chi connectivity index (χ1n) is 23.9. The molecule has 5 aromatic rings.